The van der Waals surface area contributed by atoms with E-state index >= 15 is 0 Å². The first-order chi connectivity index (χ1) is 12.0. The molecule has 6 heteroatoms. The Bertz CT molecular complexity index is 880. The number of aromatic nitrogens is 3. The molecular formula is C19H21N5O. The number of benzene rings is 2. The number of nitrogens with one attached hydrogen (secondary N) is 1. The van der Waals surface area contributed by atoms with Gasteiger partial charge in [-0.05, 0) is 55.7 Å². The van der Waals surface area contributed by atoms with Crippen LogP contribution in [0.3, 0.4) is 0 Å². The second-order valence-corrected chi connectivity index (χ2v) is 5.92. The molecular weight excluding hydrogens is 314 g/mol. The fourth-order valence-corrected chi connectivity index (χ4v) is 2.50. The number of nitrogens with two attached hydrogens (primary N) is 1. The van der Waals surface area contributed by atoms with Crippen LogP contribution in [0, 0.1) is 20.8 Å². The van der Waals surface area contributed by atoms with Gasteiger partial charge in [-0.1, -0.05) is 24.3 Å². The highest BCUT2D eigenvalue weighted by Gasteiger charge is 2.08. The third kappa shape index (κ3) is 4.23. The van der Waals surface area contributed by atoms with Gasteiger partial charge in [0.2, 0.25) is 11.9 Å². The van der Waals surface area contributed by atoms with Gasteiger partial charge < -0.3 is 15.8 Å². The Morgan fingerprint density at radius 3 is 2.52 bits per heavy atom. The molecule has 0 aliphatic rings. The Morgan fingerprint density at radius 1 is 1.00 bits per heavy atom. The predicted octanol–water partition coefficient (Wildman–Crippen LogP) is 3.70. The monoisotopic (exact) mass is 335 g/mol. The second-order valence-electron chi connectivity index (χ2n) is 5.92. The van der Waals surface area contributed by atoms with Crippen LogP contribution in [0.4, 0.5) is 17.6 Å². The van der Waals surface area contributed by atoms with Crippen molar-refractivity contribution >= 4 is 17.6 Å². The molecule has 0 fully saturated rings. The molecule has 0 amide bonds. The molecule has 3 aromatic rings. The van der Waals surface area contributed by atoms with Crippen molar-refractivity contribution < 1.29 is 4.74 Å². The van der Waals surface area contributed by atoms with E-state index in [1.807, 2.05) is 50.2 Å². The summed E-state index contributed by atoms with van der Waals surface area (Å²) >= 11 is 0. The van der Waals surface area contributed by atoms with Gasteiger partial charge in [-0.2, -0.15) is 15.0 Å². The average Bonchev–Trinajstić information content (AvgIpc) is 2.57. The smallest absolute Gasteiger partial charge is 0.232 e. The molecule has 25 heavy (non-hydrogen) atoms. The van der Waals surface area contributed by atoms with E-state index in [0.29, 0.717) is 11.8 Å². The number of aryl methyl sites for hydroxylation is 2. The lowest BCUT2D eigenvalue weighted by Gasteiger charge is -2.12. The lowest BCUT2D eigenvalue weighted by atomic mass is 10.1. The Kier molecular flexibility index (Phi) is 4.79. The van der Waals surface area contributed by atoms with Gasteiger partial charge in [0, 0.05) is 5.69 Å². The fourth-order valence-electron chi connectivity index (χ4n) is 2.50. The third-order valence-electron chi connectivity index (χ3n) is 3.85. The summed E-state index contributed by atoms with van der Waals surface area (Å²) in [6, 6.07) is 13.8. The first-order valence-corrected chi connectivity index (χ1v) is 8.04. The van der Waals surface area contributed by atoms with Crippen LogP contribution in [-0.4, -0.2) is 15.0 Å². The van der Waals surface area contributed by atoms with Crippen LogP contribution in [-0.2, 0) is 6.61 Å². The number of anilines is 3. The van der Waals surface area contributed by atoms with E-state index in [9.17, 15) is 0 Å². The molecule has 0 saturated heterocycles. The van der Waals surface area contributed by atoms with Crippen LogP contribution in [0.15, 0.2) is 42.5 Å². The number of hydrogen-bond donors (Lipinski definition) is 2. The zero-order chi connectivity index (χ0) is 17.8. The Labute approximate surface area is 147 Å². The van der Waals surface area contributed by atoms with Gasteiger partial charge in [0.25, 0.3) is 0 Å². The summed E-state index contributed by atoms with van der Waals surface area (Å²) in [7, 11) is 0. The molecule has 0 spiro atoms. The number of nitrogen functional groups attached to an aromatic ring is 1. The van der Waals surface area contributed by atoms with Gasteiger partial charge in [-0.15, -0.1) is 0 Å². The maximum absolute atomic E-state index is 5.91. The molecule has 0 saturated carbocycles. The molecule has 1 aromatic heterocycles. The number of ether oxygens (including phenoxy) is 1. The van der Waals surface area contributed by atoms with E-state index in [4.69, 9.17) is 10.5 Å². The van der Waals surface area contributed by atoms with E-state index in [1.54, 1.807) is 0 Å². The summed E-state index contributed by atoms with van der Waals surface area (Å²) in [4.78, 5) is 12.7. The quantitative estimate of drug-likeness (QED) is 0.739. The highest BCUT2D eigenvalue weighted by molar-refractivity contribution is 5.53. The molecule has 0 atom stereocenters. The minimum Gasteiger partial charge on any atom is -0.485 e. The molecule has 1 heterocycles. The maximum Gasteiger partial charge on any atom is 0.232 e. The van der Waals surface area contributed by atoms with Gasteiger partial charge in [0.1, 0.15) is 12.4 Å². The van der Waals surface area contributed by atoms with Crippen molar-refractivity contribution in [2.75, 3.05) is 11.1 Å². The second kappa shape index (κ2) is 7.17. The Morgan fingerprint density at radius 2 is 1.76 bits per heavy atom. The highest BCUT2D eigenvalue weighted by Crippen LogP contribution is 2.24. The number of nitrogens with zero attached hydrogens (tertiary/aromatic N) is 3. The lowest BCUT2D eigenvalue weighted by molar-refractivity contribution is 0.293. The van der Waals surface area contributed by atoms with E-state index in [-0.39, 0.29) is 12.6 Å². The standard InChI is InChI=1S/C19H21N5O/c1-12-9-13(2)14(3)16(10-12)25-11-17-22-18(20)24-19(23-17)21-15-7-5-4-6-8-15/h4-10H,11H2,1-3H3,(H3,20,21,22,23,24). The van der Waals surface area contributed by atoms with Crippen molar-refractivity contribution in [3.05, 3.63) is 65.0 Å². The first kappa shape index (κ1) is 16.7. The van der Waals surface area contributed by atoms with Crippen molar-refractivity contribution in [1.29, 1.82) is 0 Å². The summed E-state index contributed by atoms with van der Waals surface area (Å²) in [5.74, 6) is 1.86. The molecule has 6 nitrogen and oxygen atoms in total. The lowest BCUT2D eigenvalue weighted by Crippen LogP contribution is -2.09. The maximum atomic E-state index is 5.91. The van der Waals surface area contributed by atoms with Crippen LogP contribution in [0.25, 0.3) is 0 Å². The number of rotatable bonds is 5. The minimum absolute atomic E-state index is 0.157. The van der Waals surface area contributed by atoms with Crippen molar-refractivity contribution in [2.45, 2.75) is 27.4 Å². The average molecular weight is 335 g/mol. The van der Waals surface area contributed by atoms with Crippen LogP contribution >= 0.6 is 0 Å². The van der Waals surface area contributed by atoms with Crippen LogP contribution < -0.4 is 15.8 Å². The van der Waals surface area contributed by atoms with Gasteiger partial charge in [0.15, 0.2) is 5.82 Å². The molecule has 2 aromatic carbocycles. The van der Waals surface area contributed by atoms with Gasteiger partial charge >= 0.3 is 0 Å². The van der Waals surface area contributed by atoms with E-state index < -0.39 is 0 Å². The summed E-state index contributed by atoms with van der Waals surface area (Å²) < 4.78 is 5.91. The minimum atomic E-state index is 0.157. The fraction of sp³-hybridized carbons (Fsp3) is 0.211. The molecule has 3 N–H and O–H groups in total. The summed E-state index contributed by atoms with van der Waals surface area (Å²) in [6.07, 6.45) is 0. The Balaban J connectivity index is 1.77. The summed E-state index contributed by atoms with van der Waals surface area (Å²) in [5, 5.41) is 3.12. The summed E-state index contributed by atoms with van der Waals surface area (Å²) in [6.45, 7) is 6.37. The molecule has 0 aliphatic carbocycles. The molecule has 0 radical (unpaired) electrons. The van der Waals surface area contributed by atoms with Gasteiger partial charge in [0.05, 0.1) is 0 Å². The van der Waals surface area contributed by atoms with E-state index in [0.717, 1.165) is 22.6 Å². The SMILES string of the molecule is Cc1cc(C)c(C)c(OCc2nc(N)nc(Nc3ccccc3)n2)c1. The normalized spacial score (nSPS) is 10.5. The third-order valence-corrected chi connectivity index (χ3v) is 3.85. The zero-order valence-corrected chi connectivity index (χ0v) is 14.6. The molecule has 0 aliphatic heterocycles. The first-order valence-electron chi connectivity index (χ1n) is 8.04. The summed E-state index contributed by atoms with van der Waals surface area (Å²) in [5.41, 5.74) is 10.1. The zero-order valence-electron chi connectivity index (χ0n) is 14.6. The number of para-hydroxylation sites is 1. The van der Waals surface area contributed by atoms with Crippen molar-refractivity contribution in [2.24, 2.45) is 0 Å². The molecule has 128 valence electrons. The van der Waals surface area contributed by atoms with E-state index in [2.05, 4.69) is 33.3 Å². The topological polar surface area (TPSA) is 86.0 Å². The van der Waals surface area contributed by atoms with Crippen LogP contribution in [0.1, 0.15) is 22.5 Å². The Hall–Kier alpha value is -3.15. The van der Waals surface area contributed by atoms with E-state index in [1.165, 1.54) is 5.56 Å². The van der Waals surface area contributed by atoms with Crippen LogP contribution in [0.2, 0.25) is 0 Å². The molecule has 3 rings (SSSR count). The van der Waals surface area contributed by atoms with Gasteiger partial charge in [-0.25, -0.2) is 0 Å². The van der Waals surface area contributed by atoms with Crippen LogP contribution in [0.5, 0.6) is 5.75 Å². The van der Waals surface area contributed by atoms with Gasteiger partial charge in [-0.3, -0.25) is 0 Å². The van der Waals surface area contributed by atoms with Crippen molar-refractivity contribution in [1.82, 2.24) is 15.0 Å². The number of hydrogen-bond acceptors (Lipinski definition) is 6. The molecule has 0 unspecified atom stereocenters. The van der Waals surface area contributed by atoms with Crippen molar-refractivity contribution in [3.8, 4) is 5.75 Å². The predicted molar refractivity (Wildman–Crippen MR) is 98.9 cm³/mol. The largest absolute Gasteiger partial charge is 0.485 e. The highest BCUT2D eigenvalue weighted by atomic mass is 16.5. The molecule has 0 bridgehead atoms. The van der Waals surface area contributed by atoms with Crippen molar-refractivity contribution in [3.63, 3.8) is 0 Å².